The van der Waals surface area contributed by atoms with Crippen molar-refractivity contribution in [3.8, 4) is 11.5 Å². The van der Waals surface area contributed by atoms with E-state index >= 15 is 0 Å². The maximum atomic E-state index is 13.1. The molecule has 246 valence electrons. The number of benzene rings is 4. The van der Waals surface area contributed by atoms with Crippen LogP contribution >= 0.6 is 0 Å². The fraction of sp³-hybridized carbons (Fsp3) is 0.216. The first kappa shape index (κ1) is 32.6. The highest BCUT2D eigenvalue weighted by molar-refractivity contribution is 6.03. The number of anilines is 1. The Kier molecular flexibility index (Phi) is 9.65. The van der Waals surface area contributed by atoms with Gasteiger partial charge in [-0.05, 0) is 59.2 Å². The Morgan fingerprint density at radius 2 is 1.46 bits per heavy atom. The zero-order valence-electron chi connectivity index (χ0n) is 26.3. The van der Waals surface area contributed by atoms with E-state index in [1.54, 1.807) is 44.6 Å². The van der Waals surface area contributed by atoms with Gasteiger partial charge in [-0.2, -0.15) is 4.98 Å². The number of amides is 1. The molecule has 1 aliphatic rings. The second-order valence-electron chi connectivity index (χ2n) is 11.2. The van der Waals surface area contributed by atoms with E-state index in [0.29, 0.717) is 17.1 Å². The number of nitrogens with one attached hydrogen (secondary N) is 1. The fourth-order valence-corrected chi connectivity index (χ4v) is 5.85. The van der Waals surface area contributed by atoms with E-state index in [2.05, 4.69) is 10.3 Å². The van der Waals surface area contributed by atoms with Crippen LogP contribution in [-0.4, -0.2) is 64.8 Å². The van der Waals surface area contributed by atoms with E-state index in [9.17, 15) is 19.8 Å². The van der Waals surface area contributed by atoms with Crippen LogP contribution in [0.2, 0.25) is 0 Å². The van der Waals surface area contributed by atoms with Gasteiger partial charge >= 0.3 is 5.69 Å². The van der Waals surface area contributed by atoms with Crippen LogP contribution in [0, 0.1) is 0 Å². The molecule has 48 heavy (non-hydrogen) atoms. The SMILES string of the molecule is COc1ccc([C@](OC[C@H]2O[C@@H](n3ccc(NC(=O)c4ccccc4)nc3=O)[C@H](O)[C@@H]2O)(c2ccccc2)c2cccc(OC)c2)cc1. The Morgan fingerprint density at radius 3 is 2.12 bits per heavy atom. The maximum Gasteiger partial charge on any atom is 0.351 e. The van der Waals surface area contributed by atoms with Crippen molar-refractivity contribution in [3.63, 3.8) is 0 Å². The van der Waals surface area contributed by atoms with E-state index in [1.165, 1.54) is 12.3 Å². The van der Waals surface area contributed by atoms with E-state index in [0.717, 1.165) is 21.3 Å². The van der Waals surface area contributed by atoms with E-state index in [1.807, 2.05) is 78.9 Å². The van der Waals surface area contributed by atoms with Crippen molar-refractivity contribution in [2.75, 3.05) is 26.1 Å². The normalized spacial score (nSPS) is 20.1. The van der Waals surface area contributed by atoms with Gasteiger partial charge in [0.2, 0.25) is 0 Å². The summed E-state index contributed by atoms with van der Waals surface area (Å²) in [6.45, 7) is -0.180. The van der Waals surface area contributed by atoms with Gasteiger partial charge in [0, 0.05) is 11.8 Å². The number of aliphatic hydroxyl groups is 2. The van der Waals surface area contributed by atoms with Gasteiger partial charge in [0.25, 0.3) is 5.91 Å². The Balaban J connectivity index is 1.30. The van der Waals surface area contributed by atoms with Gasteiger partial charge in [0.1, 0.15) is 41.2 Å². The molecule has 2 heterocycles. The zero-order chi connectivity index (χ0) is 33.7. The predicted molar refractivity (Wildman–Crippen MR) is 177 cm³/mol. The lowest BCUT2D eigenvalue weighted by Gasteiger charge is -2.37. The van der Waals surface area contributed by atoms with Crippen molar-refractivity contribution in [2.45, 2.75) is 30.1 Å². The Hall–Kier alpha value is -5.33. The van der Waals surface area contributed by atoms with Crippen LogP contribution in [0.4, 0.5) is 5.82 Å². The fourth-order valence-electron chi connectivity index (χ4n) is 5.85. The summed E-state index contributed by atoms with van der Waals surface area (Å²) >= 11 is 0. The summed E-state index contributed by atoms with van der Waals surface area (Å²) in [5.41, 5.74) is 0.704. The number of aromatic nitrogens is 2. The number of hydrogen-bond donors (Lipinski definition) is 3. The summed E-state index contributed by atoms with van der Waals surface area (Å²) in [5, 5.41) is 24.8. The molecule has 1 saturated heterocycles. The van der Waals surface area contributed by atoms with E-state index < -0.39 is 41.7 Å². The maximum absolute atomic E-state index is 13.1. The van der Waals surface area contributed by atoms with Crippen LogP contribution in [-0.2, 0) is 15.1 Å². The molecule has 1 aromatic heterocycles. The van der Waals surface area contributed by atoms with Crippen LogP contribution < -0.4 is 20.5 Å². The smallest absolute Gasteiger partial charge is 0.351 e. The number of hydrogen-bond acceptors (Lipinski definition) is 9. The van der Waals surface area contributed by atoms with Crippen molar-refractivity contribution in [3.05, 3.63) is 154 Å². The van der Waals surface area contributed by atoms with Crippen molar-refractivity contribution >= 4 is 11.7 Å². The first-order chi connectivity index (χ1) is 23.3. The second-order valence-corrected chi connectivity index (χ2v) is 11.2. The molecule has 5 aromatic rings. The van der Waals surface area contributed by atoms with E-state index in [-0.39, 0.29) is 12.4 Å². The molecular weight excluding hydrogens is 614 g/mol. The highest BCUT2D eigenvalue weighted by Gasteiger charge is 2.47. The lowest BCUT2D eigenvalue weighted by molar-refractivity contribution is -0.0958. The highest BCUT2D eigenvalue weighted by Crippen LogP contribution is 2.43. The number of nitrogens with zero attached hydrogens (tertiary/aromatic N) is 2. The van der Waals surface area contributed by atoms with Crippen LogP contribution in [0.1, 0.15) is 33.3 Å². The molecule has 6 rings (SSSR count). The van der Waals surface area contributed by atoms with Crippen LogP contribution in [0.15, 0.2) is 126 Å². The molecule has 1 amide bonds. The van der Waals surface area contributed by atoms with E-state index in [4.69, 9.17) is 18.9 Å². The van der Waals surface area contributed by atoms with Gasteiger partial charge in [-0.1, -0.05) is 72.8 Å². The van der Waals surface area contributed by atoms with Crippen molar-refractivity contribution in [1.82, 2.24) is 9.55 Å². The first-order valence-electron chi connectivity index (χ1n) is 15.3. The molecule has 11 heteroatoms. The second kappa shape index (κ2) is 14.2. The molecule has 1 fully saturated rings. The monoisotopic (exact) mass is 649 g/mol. The van der Waals surface area contributed by atoms with Crippen molar-refractivity contribution < 1.29 is 34.0 Å². The molecule has 3 N–H and O–H groups in total. The number of carbonyl (C=O) groups excluding carboxylic acids is 1. The minimum Gasteiger partial charge on any atom is -0.497 e. The molecule has 0 unspecified atom stereocenters. The third-order valence-electron chi connectivity index (χ3n) is 8.34. The Labute approximate surface area is 277 Å². The summed E-state index contributed by atoms with van der Waals surface area (Å²) in [4.78, 5) is 29.6. The molecule has 0 saturated carbocycles. The van der Waals surface area contributed by atoms with Gasteiger partial charge in [-0.3, -0.25) is 9.36 Å². The molecule has 0 radical (unpaired) electrons. The predicted octanol–water partition coefficient (Wildman–Crippen LogP) is 4.14. The standard InChI is InChI=1S/C37H35N3O8/c1-45-28-18-16-26(17-19-28)37(25-12-7-4-8-13-25,27-14-9-15-29(22-27)46-2)47-23-30-32(41)33(42)35(48-30)40-21-20-31(39-36(40)44)38-34(43)24-10-5-3-6-11-24/h3-22,30,32-33,35,41-42H,23H2,1-2H3,(H,38,39,43,44)/t30-,32-,33-,35-,37-/m1/s1. The molecule has 11 nitrogen and oxygen atoms in total. The van der Waals surface area contributed by atoms with Crippen LogP contribution in [0.5, 0.6) is 11.5 Å². The number of aliphatic hydroxyl groups excluding tert-OH is 2. The molecule has 0 spiro atoms. The summed E-state index contributed by atoms with van der Waals surface area (Å²) in [6, 6.07) is 34.5. The summed E-state index contributed by atoms with van der Waals surface area (Å²) in [6.07, 6.45) is -3.85. The average molecular weight is 650 g/mol. The number of carbonyl (C=O) groups is 1. The summed E-state index contributed by atoms with van der Waals surface area (Å²) < 4.78 is 25.0. The van der Waals surface area contributed by atoms with Crippen LogP contribution in [0.25, 0.3) is 0 Å². The van der Waals surface area contributed by atoms with Gasteiger partial charge in [0.05, 0.1) is 20.8 Å². The molecule has 0 bridgehead atoms. The van der Waals surface area contributed by atoms with Crippen molar-refractivity contribution in [2.24, 2.45) is 0 Å². The molecule has 5 atom stereocenters. The molecule has 0 aliphatic carbocycles. The third-order valence-corrected chi connectivity index (χ3v) is 8.34. The van der Waals surface area contributed by atoms with Gasteiger partial charge in [-0.25, -0.2) is 4.79 Å². The first-order valence-corrected chi connectivity index (χ1v) is 15.3. The summed E-state index contributed by atoms with van der Waals surface area (Å²) in [7, 11) is 3.18. The van der Waals surface area contributed by atoms with Crippen LogP contribution in [0.3, 0.4) is 0 Å². The van der Waals surface area contributed by atoms with Crippen molar-refractivity contribution in [1.29, 1.82) is 0 Å². The third kappa shape index (κ3) is 6.44. The Morgan fingerprint density at radius 1 is 0.812 bits per heavy atom. The lowest BCUT2D eigenvalue weighted by Crippen LogP contribution is -2.39. The minimum absolute atomic E-state index is 0.0310. The topological polar surface area (TPSA) is 141 Å². The number of rotatable bonds is 11. The largest absolute Gasteiger partial charge is 0.497 e. The number of ether oxygens (including phenoxy) is 4. The Bertz CT molecular complexity index is 1900. The molecule has 1 aliphatic heterocycles. The summed E-state index contributed by atoms with van der Waals surface area (Å²) in [5.74, 6) is 0.882. The highest BCUT2D eigenvalue weighted by atomic mass is 16.6. The molecular formula is C37H35N3O8. The van der Waals surface area contributed by atoms with Gasteiger partial charge in [0.15, 0.2) is 6.23 Å². The average Bonchev–Trinajstić information content (AvgIpc) is 3.41. The number of methoxy groups -OCH3 is 2. The lowest BCUT2D eigenvalue weighted by atomic mass is 9.80. The van der Waals surface area contributed by atoms with Gasteiger partial charge < -0.3 is 34.5 Å². The molecule has 4 aromatic carbocycles. The quantitative estimate of drug-likeness (QED) is 0.180. The van der Waals surface area contributed by atoms with Gasteiger partial charge in [-0.15, -0.1) is 0 Å². The zero-order valence-corrected chi connectivity index (χ0v) is 26.3. The minimum atomic E-state index is -1.48.